The van der Waals surface area contributed by atoms with E-state index in [2.05, 4.69) is 102 Å². The van der Waals surface area contributed by atoms with Crippen molar-refractivity contribution in [3.8, 4) is 56.0 Å². The summed E-state index contributed by atoms with van der Waals surface area (Å²) in [7, 11) is 2.03. The summed E-state index contributed by atoms with van der Waals surface area (Å²) < 4.78 is 30.5. The maximum Gasteiger partial charge on any atom is 0.239 e. The number of hydrogen-bond donors (Lipinski definition) is 0. The molecule has 48 heavy (non-hydrogen) atoms. The Bertz CT molecular complexity index is 2400. The number of fused-ring (bicyclic) bond motifs is 10. The molecule has 0 N–H and O–H groups in total. The highest BCUT2D eigenvalue weighted by molar-refractivity contribution is 5.96. The third-order valence-electron chi connectivity index (χ3n) is 10.5. The van der Waals surface area contributed by atoms with Crippen molar-refractivity contribution in [2.75, 3.05) is 0 Å². The van der Waals surface area contributed by atoms with Gasteiger partial charge in [-0.05, 0) is 106 Å². The molecule has 2 aliphatic rings. The fraction of sp³-hybridized carbons (Fsp3) is 0.0909. The molecule has 4 heteroatoms. The van der Waals surface area contributed by atoms with E-state index >= 15 is 0 Å². The van der Waals surface area contributed by atoms with Gasteiger partial charge in [0.1, 0.15) is 30.1 Å². The predicted molar refractivity (Wildman–Crippen MR) is 187 cm³/mol. The number of aromatic nitrogens is 2. The quantitative estimate of drug-likeness (QED) is 0.179. The molecule has 0 fully saturated rings. The fourth-order valence-corrected chi connectivity index (χ4v) is 8.26. The smallest absolute Gasteiger partial charge is 0.234 e. The van der Waals surface area contributed by atoms with E-state index < -0.39 is 5.41 Å². The van der Waals surface area contributed by atoms with Crippen LogP contribution >= 0.6 is 0 Å². The Balaban J connectivity index is 1.33. The zero-order valence-electron chi connectivity index (χ0n) is 26.9. The first-order valence-corrected chi connectivity index (χ1v) is 16.2. The van der Waals surface area contributed by atoms with Crippen molar-refractivity contribution in [1.29, 1.82) is 0 Å². The zero-order valence-corrected chi connectivity index (χ0v) is 26.9. The van der Waals surface area contributed by atoms with Crippen LogP contribution in [0.1, 0.15) is 33.5 Å². The summed E-state index contributed by atoms with van der Waals surface area (Å²) in [5, 5.41) is 0. The van der Waals surface area contributed by atoms with Gasteiger partial charge in [0.05, 0.1) is 11.0 Å². The van der Waals surface area contributed by atoms with Crippen LogP contribution in [0.15, 0.2) is 133 Å². The molecule has 2 aliphatic carbocycles. The first kappa shape index (κ1) is 28.5. The van der Waals surface area contributed by atoms with Crippen LogP contribution in [-0.4, -0.2) is 4.98 Å². The van der Waals surface area contributed by atoms with E-state index in [1.54, 1.807) is 24.3 Å². The molecule has 2 nitrogen and oxygen atoms in total. The topological polar surface area (TPSA) is 16.8 Å². The third-order valence-corrected chi connectivity index (χ3v) is 10.5. The van der Waals surface area contributed by atoms with Gasteiger partial charge in [-0.15, -0.1) is 0 Å². The van der Waals surface area contributed by atoms with Crippen molar-refractivity contribution in [3.63, 3.8) is 0 Å². The second kappa shape index (κ2) is 10.4. The SMILES string of the molecule is Cc1cc(F)ccc1-c1c(-c2ccc(F)cc2)nc(-c2ccc3c(c2)C2(c4ccccc4-c4ccccc42)c2ccccc2-3)c(C)[n+]1C. The van der Waals surface area contributed by atoms with Gasteiger partial charge in [-0.2, -0.15) is 4.57 Å². The van der Waals surface area contributed by atoms with Crippen LogP contribution in [0.3, 0.4) is 0 Å². The fourth-order valence-electron chi connectivity index (χ4n) is 8.26. The van der Waals surface area contributed by atoms with Crippen molar-refractivity contribution in [1.82, 2.24) is 4.98 Å². The number of hydrogen-bond acceptors (Lipinski definition) is 1. The van der Waals surface area contributed by atoms with Crippen molar-refractivity contribution in [2.45, 2.75) is 19.3 Å². The molecule has 9 rings (SSSR count). The number of benzene rings is 6. The molecule has 0 radical (unpaired) electrons. The van der Waals surface area contributed by atoms with Crippen molar-refractivity contribution < 1.29 is 13.3 Å². The van der Waals surface area contributed by atoms with E-state index in [1.165, 1.54) is 62.7 Å². The largest absolute Gasteiger partial charge is 0.239 e. The highest BCUT2D eigenvalue weighted by Gasteiger charge is 2.51. The molecule has 1 spiro atoms. The minimum Gasteiger partial charge on any atom is -0.234 e. The zero-order chi connectivity index (χ0) is 32.7. The molecule has 1 aromatic heterocycles. The van der Waals surface area contributed by atoms with Gasteiger partial charge in [0, 0.05) is 18.1 Å². The van der Waals surface area contributed by atoms with E-state index in [1.807, 2.05) is 14.0 Å². The molecule has 7 aromatic rings. The predicted octanol–water partition coefficient (Wildman–Crippen LogP) is 10.1. The molecule has 0 atom stereocenters. The van der Waals surface area contributed by atoms with Crippen LogP contribution in [-0.2, 0) is 12.5 Å². The van der Waals surface area contributed by atoms with Crippen LogP contribution in [0.2, 0.25) is 0 Å². The minimum absolute atomic E-state index is 0.285. The summed E-state index contributed by atoms with van der Waals surface area (Å²) >= 11 is 0. The van der Waals surface area contributed by atoms with Gasteiger partial charge < -0.3 is 0 Å². The van der Waals surface area contributed by atoms with Crippen LogP contribution < -0.4 is 4.57 Å². The van der Waals surface area contributed by atoms with Gasteiger partial charge in [0.2, 0.25) is 11.4 Å². The van der Waals surface area contributed by atoms with E-state index in [4.69, 9.17) is 4.98 Å². The summed E-state index contributed by atoms with van der Waals surface area (Å²) in [4.78, 5) is 5.38. The average Bonchev–Trinajstić information content (AvgIpc) is 3.57. The summed E-state index contributed by atoms with van der Waals surface area (Å²) in [6, 6.07) is 44.4. The van der Waals surface area contributed by atoms with Crippen LogP contribution in [0, 0.1) is 25.5 Å². The third kappa shape index (κ3) is 3.83. The summed E-state index contributed by atoms with van der Waals surface area (Å²) in [5.41, 5.74) is 16.5. The van der Waals surface area contributed by atoms with E-state index in [0.717, 1.165) is 39.3 Å². The monoisotopic (exact) mass is 625 g/mol. The highest BCUT2D eigenvalue weighted by Crippen LogP contribution is 2.63. The average molecular weight is 626 g/mol. The second-order valence-electron chi connectivity index (χ2n) is 12.9. The van der Waals surface area contributed by atoms with E-state index in [-0.39, 0.29) is 11.6 Å². The number of nitrogens with zero attached hydrogens (tertiary/aromatic N) is 2. The number of rotatable bonds is 3. The Hall–Kier alpha value is -5.74. The van der Waals surface area contributed by atoms with Gasteiger partial charge in [-0.1, -0.05) is 84.9 Å². The summed E-state index contributed by atoms with van der Waals surface area (Å²) in [6.07, 6.45) is 0. The normalized spacial score (nSPS) is 13.3. The lowest BCUT2D eigenvalue weighted by Gasteiger charge is -2.30. The molecule has 0 saturated carbocycles. The summed E-state index contributed by atoms with van der Waals surface area (Å²) in [5.74, 6) is -0.595. The highest BCUT2D eigenvalue weighted by atomic mass is 19.1. The minimum atomic E-state index is -0.462. The maximum absolute atomic E-state index is 14.3. The first-order chi connectivity index (χ1) is 23.4. The Morgan fingerprint density at radius 2 is 1.00 bits per heavy atom. The molecule has 230 valence electrons. The lowest BCUT2D eigenvalue weighted by molar-refractivity contribution is -0.666. The van der Waals surface area contributed by atoms with Crippen molar-refractivity contribution in [2.24, 2.45) is 7.05 Å². The number of halogens is 2. The van der Waals surface area contributed by atoms with Gasteiger partial charge in [-0.25, -0.2) is 13.8 Å². The molecular weight excluding hydrogens is 594 g/mol. The van der Waals surface area contributed by atoms with Gasteiger partial charge in [0.25, 0.3) is 0 Å². The standard InChI is InChI=1S/C44H31F2N2/c1-26-24-31(46)21-23-32(26)43-42(28-16-19-30(45)20-17-28)47-41(27(2)48(43)3)29-18-22-36-35-12-6-9-15-39(35)44(40(36)25-29)37-13-7-4-10-33(37)34-11-5-8-14-38(34)44/h4-25H,1-3H3/q+1. The molecule has 0 aliphatic heterocycles. The van der Waals surface area contributed by atoms with Crippen molar-refractivity contribution >= 4 is 0 Å². The Labute approximate surface area is 278 Å². The molecule has 1 heterocycles. The van der Waals surface area contributed by atoms with Gasteiger partial charge in [0.15, 0.2) is 0 Å². The van der Waals surface area contributed by atoms with Gasteiger partial charge in [-0.3, -0.25) is 0 Å². The van der Waals surface area contributed by atoms with Gasteiger partial charge >= 0.3 is 0 Å². The van der Waals surface area contributed by atoms with Crippen LogP contribution in [0.4, 0.5) is 8.78 Å². The molecule has 6 aromatic carbocycles. The lowest BCUT2D eigenvalue weighted by atomic mass is 9.70. The van der Waals surface area contributed by atoms with E-state index in [0.29, 0.717) is 5.69 Å². The lowest BCUT2D eigenvalue weighted by Crippen LogP contribution is -2.37. The Morgan fingerprint density at radius 3 is 1.58 bits per heavy atom. The summed E-state index contributed by atoms with van der Waals surface area (Å²) in [6.45, 7) is 3.99. The van der Waals surface area contributed by atoms with Crippen LogP contribution in [0.5, 0.6) is 0 Å². The molecular formula is C44H31F2N2+. The Kier molecular flexibility index (Phi) is 6.16. The van der Waals surface area contributed by atoms with E-state index in [9.17, 15) is 8.78 Å². The Morgan fingerprint density at radius 1 is 0.500 bits per heavy atom. The van der Waals surface area contributed by atoms with Crippen molar-refractivity contribution in [3.05, 3.63) is 179 Å². The maximum atomic E-state index is 14.3. The molecule has 0 amide bonds. The first-order valence-electron chi connectivity index (χ1n) is 16.2. The second-order valence-corrected chi connectivity index (χ2v) is 12.9. The molecule has 0 bridgehead atoms. The molecule has 0 saturated heterocycles. The van der Waals surface area contributed by atoms with Crippen LogP contribution in [0.25, 0.3) is 56.0 Å². The molecule has 0 unspecified atom stereocenters. The number of aryl methyl sites for hydroxylation is 1.